The van der Waals surface area contributed by atoms with Crippen LogP contribution in [0, 0.1) is 34.6 Å². The third kappa shape index (κ3) is 3.57. The average Bonchev–Trinajstić information content (AvgIpc) is 2.69. The lowest BCUT2D eigenvalue weighted by Gasteiger charge is -2.60. The summed E-state index contributed by atoms with van der Waals surface area (Å²) in [7, 11) is -1.60. The van der Waals surface area contributed by atoms with Gasteiger partial charge < -0.3 is 9.47 Å². The van der Waals surface area contributed by atoms with Gasteiger partial charge in [-0.25, -0.2) is 8.42 Å². The Bertz CT molecular complexity index is 1010. The number of nitrogens with zero attached hydrogens (tertiary/aromatic N) is 2. The molecule has 7 nitrogen and oxygen atoms in total. The smallest absolute Gasteiger partial charge is 0.185 e. The minimum atomic E-state index is -3.17. The lowest BCUT2D eigenvalue weighted by molar-refractivity contribution is -0.0243. The molecule has 1 aromatic carbocycles. The fraction of sp³-hybridized carbons (Fsp3) is 0.652. The fourth-order valence-corrected chi connectivity index (χ4v) is 7.95. The minimum absolute atomic E-state index is 0.0896. The molecule has 5 rings (SSSR count). The van der Waals surface area contributed by atoms with E-state index in [0.29, 0.717) is 30.3 Å². The molecule has 4 fully saturated rings. The van der Waals surface area contributed by atoms with E-state index in [-0.39, 0.29) is 23.7 Å². The standard InChI is InChI=1S/C23H31N3O4S/c1-22(2,30-19-8-6-5-7-18(19)29-3)21(25)26(14-24)20-16-9-15-10-17(20)13-23(11-15,12-16)31(4,27)28/h5-8,15-17,20,25H,9-13H2,1-4H3. The molecule has 0 spiro atoms. The number of para-hydroxylation sites is 2. The highest BCUT2D eigenvalue weighted by Gasteiger charge is 2.61. The molecular formula is C23H31N3O4S. The number of ether oxygens (including phenoxy) is 2. The van der Waals surface area contributed by atoms with Crippen molar-refractivity contribution in [3.8, 4) is 17.7 Å². The number of methoxy groups -OCH3 is 1. The second kappa shape index (κ2) is 7.40. The van der Waals surface area contributed by atoms with E-state index < -0.39 is 20.2 Å². The van der Waals surface area contributed by atoms with Crippen molar-refractivity contribution in [2.45, 2.75) is 62.3 Å². The molecule has 0 saturated heterocycles. The number of nitriles is 1. The van der Waals surface area contributed by atoms with Crippen LogP contribution in [0.5, 0.6) is 11.5 Å². The lowest BCUT2D eigenvalue weighted by Crippen LogP contribution is -2.65. The van der Waals surface area contributed by atoms with Crippen LogP contribution in [0.1, 0.15) is 46.0 Å². The second-order valence-corrected chi connectivity index (χ2v) is 12.4. The molecule has 4 saturated carbocycles. The number of hydrogen-bond acceptors (Lipinski definition) is 6. The molecule has 31 heavy (non-hydrogen) atoms. The highest BCUT2D eigenvalue weighted by Crippen LogP contribution is 2.59. The number of rotatable bonds is 6. The first-order chi connectivity index (χ1) is 14.5. The lowest BCUT2D eigenvalue weighted by atomic mass is 9.53. The van der Waals surface area contributed by atoms with Crippen LogP contribution in [0.25, 0.3) is 0 Å². The highest BCUT2D eigenvalue weighted by atomic mass is 32.2. The molecule has 4 aliphatic carbocycles. The van der Waals surface area contributed by atoms with E-state index in [1.807, 2.05) is 12.1 Å². The SMILES string of the molecule is COc1ccccc1OC(C)(C)C(=N)N(C#N)C1C2CC3CC1CC(S(C)(=O)=O)(C3)C2. The molecule has 2 atom stereocenters. The van der Waals surface area contributed by atoms with Crippen molar-refractivity contribution in [1.82, 2.24) is 4.90 Å². The van der Waals surface area contributed by atoms with E-state index in [4.69, 9.17) is 14.9 Å². The van der Waals surface area contributed by atoms with Crippen LogP contribution in [0.15, 0.2) is 24.3 Å². The third-order valence-electron chi connectivity index (χ3n) is 7.61. The Morgan fingerprint density at radius 2 is 1.77 bits per heavy atom. The summed E-state index contributed by atoms with van der Waals surface area (Å²) in [6.45, 7) is 3.56. The van der Waals surface area contributed by atoms with Gasteiger partial charge in [0.25, 0.3) is 0 Å². The van der Waals surface area contributed by atoms with Gasteiger partial charge in [0, 0.05) is 6.26 Å². The maximum atomic E-state index is 12.6. The van der Waals surface area contributed by atoms with Crippen molar-refractivity contribution >= 4 is 15.7 Å². The van der Waals surface area contributed by atoms with Crippen LogP contribution < -0.4 is 9.47 Å². The third-order valence-corrected chi connectivity index (χ3v) is 9.68. The number of benzene rings is 1. The van der Waals surface area contributed by atoms with Crippen molar-refractivity contribution in [2.24, 2.45) is 17.8 Å². The van der Waals surface area contributed by atoms with Crippen LogP contribution in [0.2, 0.25) is 0 Å². The molecule has 0 aromatic heterocycles. The summed E-state index contributed by atoms with van der Waals surface area (Å²) in [4.78, 5) is 1.50. The summed E-state index contributed by atoms with van der Waals surface area (Å²) >= 11 is 0. The molecule has 0 heterocycles. The first-order valence-electron chi connectivity index (χ1n) is 10.8. The van der Waals surface area contributed by atoms with Gasteiger partial charge in [0.2, 0.25) is 0 Å². The molecule has 8 heteroatoms. The van der Waals surface area contributed by atoms with Gasteiger partial charge in [-0.3, -0.25) is 10.3 Å². The minimum Gasteiger partial charge on any atom is -0.493 e. The van der Waals surface area contributed by atoms with Crippen molar-refractivity contribution < 1.29 is 17.9 Å². The van der Waals surface area contributed by atoms with Crippen LogP contribution in [-0.4, -0.2) is 48.9 Å². The zero-order valence-corrected chi connectivity index (χ0v) is 19.4. The van der Waals surface area contributed by atoms with Gasteiger partial charge in [-0.05, 0) is 75.8 Å². The van der Waals surface area contributed by atoms with Crippen molar-refractivity contribution in [3.63, 3.8) is 0 Å². The van der Waals surface area contributed by atoms with Gasteiger partial charge in [-0.2, -0.15) is 5.26 Å². The Balaban J connectivity index is 1.59. The molecule has 4 aliphatic rings. The fourth-order valence-electron chi connectivity index (χ4n) is 6.38. The Morgan fingerprint density at radius 1 is 1.19 bits per heavy atom. The van der Waals surface area contributed by atoms with E-state index in [9.17, 15) is 13.7 Å². The highest BCUT2D eigenvalue weighted by molar-refractivity contribution is 7.92. The van der Waals surface area contributed by atoms with E-state index in [1.54, 1.807) is 33.1 Å². The van der Waals surface area contributed by atoms with E-state index in [0.717, 1.165) is 19.3 Å². The summed E-state index contributed by atoms with van der Waals surface area (Å²) in [6, 6.07) is 7.10. The van der Waals surface area contributed by atoms with Gasteiger partial charge in [-0.15, -0.1) is 0 Å². The topological polar surface area (TPSA) is 103 Å². The normalized spacial score (nSPS) is 31.7. The maximum Gasteiger partial charge on any atom is 0.185 e. The summed E-state index contributed by atoms with van der Waals surface area (Å²) in [5.41, 5.74) is -1.06. The maximum absolute atomic E-state index is 12.6. The predicted octanol–water partition coefficient (Wildman–Crippen LogP) is 3.60. The quantitative estimate of drug-likeness (QED) is 0.311. The molecule has 1 aromatic rings. The Hall–Kier alpha value is -2.27. The molecular weight excluding hydrogens is 414 g/mol. The van der Waals surface area contributed by atoms with Crippen LogP contribution in [0.3, 0.4) is 0 Å². The largest absolute Gasteiger partial charge is 0.493 e. The first-order valence-corrected chi connectivity index (χ1v) is 12.7. The van der Waals surface area contributed by atoms with E-state index in [1.165, 1.54) is 11.2 Å². The van der Waals surface area contributed by atoms with Crippen LogP contribution in [0.4, 0.5) is 0 Å². The van der Waals surface area contributed by atoms with Gasteiger partial charge in [0.15, 0.2) is 39.0 Å². The predicted molar refractivity (Wildman–Crippen MR) is 118 cm³/mol. The van der Waals surface area contributed by atoms with E-state index in [2.05, 4.69) is 6.19 Å². The number of sulfone groups is 1. The van der Waals surface area contributed by atoms with Crippen molar-refractivity contribution in [1.29, 1.82) is 10.7 Å². The monoisotopic (exact) mass is 445 g/mol. The Morgan fingerprint density at radius 3 is 2.29 bits per heavy atom. The molecule has 0 aliphatic heterocycles. The number of nitrogens with one attached hydrogen (secondary N) is 1. The van der Waals surface area contributed by atoms with E-state index >= 15 is 0 Å². The molecule has 168 valence electrons. The molecule has 0 radical (unpaired) electrons. The van der Waals surface area contributed by atoms with Crippen LogP contribution in [-0.2, 0) is 9.84 Å². The molecule has 2 unspecified atom stereocenters. The van der Waals surface area contributed by atoms with Gasteiger partial charge in [-0.1, -0.05) is 12.1 Å². The molecule has 4 bridgehead atoms. The van der Waals surface area contributed by atoms with Gasteiger partial charge in [0.05, 0.1) is 17.9 Å². The molecule has 1 N–H and O–H groups in total. The zero-order chi connectivity index (χ0) is 22.6. The summed E-state index contributed by atoms with van der Waals surface area (Å²) < 4.78 is 36.1. The summed E-state index contributed by atoms with van der Waals surface area (Å²) in [6.07, 6.45) is 7.39. The zero-order valence-electron chi connectivity index (χ0n) is 18.6. The van der Waals surface area contributed by atoms with Gasteiger partial charge in [0.1, 0.15) is 0 Å². The summed E-state index contributed by atoms with van der Waals surface area (Å²) in [5, 5.41) is 19.0. The Labute approximate surface area is 184 Å². The van der Waals surface area contributed by atoms with Crippen molar-refractivity contribution in [3.05, 3.63) is 24.3 Å². The van der Waals surface area contributed by atoms with Gasteiger partial charge >= 0.3 is 0 Å². The summed E-state index contributed by atoms with van der Waals surface area (Å²) in [5.74, 6) is 1.77. The number of amidine groups is 1. The molecule has 0 amide bonds. The van der Waals surface area contributed by atoms with Crippen LogP contribution >= 0.6 is 0 Å². The number of hydrogen-bond donors (Lipinski definition) is 1. The average molecular weight is 446 g/mol. The van der Waals surface area contributed by atoms with Crippen molar-refractivity contribution in [2.75, 3.05) is 13.4 Å². The Kier molecular flexibility index (Phi) is 5.24. The first kappa shape index (κ1) is 21.9. The second-order valence-electron chi connectivity index (χ2n) is 10.00.